The Morgan fingerprint density at radius 3 is 1.68 bits per heavy atom. The highest BCUT2D eigenvalue weighted by molar-refractivity contribution is 7.46. The second-order valence-electron chi connectivity index (χ2n) is 10.1. The highest BCUT2D eigenvalue weighted by Crippen LogP contribution is 2.35. The maximum atomic E-state index is 12.2. The molecule has 0 bridgehead atoms. The van der Waals surface area contributed by atoms with E-state index in [1.54, 1.807) is 0 Å². The van der Waals surface area contributed by atoms with E-state index in [-0.39, 0.29) is 19.4 Å². The number of carbonyl (C=O) groups is 2. The third-order valence-electron chi connectivity index (χ3n) is 6.28. The zero-order chi connectivity index (χ0) is 28.3. The fraction of sp³-hybridized carbons (Fsp3) is 0.862. The second kappa shape index (κ2) is 26.0. The first-order valence-electron chi connectivity index (χ1n) is 15.0. The molecule has 9 heteroatoms. The molecule has 0 heterocycles. The molecule has 0 unspecified atom stereocenters. The molecule has 0 aromatic rings. The molecule has 0 saturated carbocycles. The van der Waals surface area contributed by atoms with Crippen molar-refractivity contribution in [1.29, 1.82) is 0 Å². The van der Waals surface area contributed by atoms with Gasteiger partial charge in [-0.25, -0.2) is 4.57 Å². The van der Waals surface area contributed by atoms with Gasteiger partial charge in [-0.05, 0) is 32.1 Å². The molecule has 0 aliphatic carbocycles. The topological polar surface area (TPSA) is 119 Å². The Morgan fingerprint density at radius 1 is 0.658 bits per heavy atom. The molecule has 2 N–H and O–H groups in total. The highest BCUT2D eigenvalue weighted by Gasteiger charge is 2.22. The molecular formula is C29H55O8P. The molecule has 0 spiro atoms. The van der Waals surface area contributed by atoms with Crippen LogP contribution in [0.25, 0.3) is 0 Å². The number of carbonyl (C=O) groups excluding carboxylic acids is 2. The van der Waals surface area contributed by atoms with Gasteiger partial charge in [0.15, 0.2) is 6.10 Å². The smallest absolute Gasteiger partial charge is 0.462 e. The first-order chi connectivity index (χ1) is 18.3. The predicted molar refractivity (Wildman–Crippen MR) is 152 cm³/mol. The maximum absolute atomic E-state index is 12.2. The number of hydrogen-bond acceptors (Lipinski definition) is 6. The van der Waals surface area contributed by atoms with Crippen molar-refractivity contribution in [2.45, 2.75) is 148 Å². The molecule has 8 nitrogen and oxygen atoms in total. The number of hydrogen-bond donors (Lipinski definition) is 2. The number of ether oxygens (including phenoxy) is 2. The lowest BCUT2D eigenvalue weighted by atomic mass is 10.1. The standard InChI is InChI=1S/C29H55O8P/c1-3-5-7-9-11-13-14-16-18-20-22-24-29(31)37-27(26-36-38(32,33)34)25-35-28(30)23-21-19-17-15-12-10-8-6-4-2/h9,11,27H,3-8,10,12-26H2,1-2H3,(H2,32,33,34)/b11-9-/t27-/m1/s1. The Morgan fingerprint density at radius 2 is 1.13 bits per heavy atom. The first kappa shape index (κ1) is 36.8. The Bertz CT molecular complexity index is 646. The third-order valence-corrected chi connectivity index (χ3v) is 6.77. The molecule has 0 radical (unpaired) electrons. The van der Waals surface area contributed by atoms with Crippen LogP contribution in [0, 0.1) is 0 Å². The summed E-state index contributed by atoms with van der Waals surface area (Å²) in [5, 5.41) is 0. The van der Waals surface area contributed by atoms with Crippen molar-refractivity contribution in [1.82, 2.24) is 0 Å². The van der Waals surface area contributed by atoms with Crippen molar-refractivity contribution in [3.05, 3.63) is 12.2 Å². The number of phosphoric acid groups is 1. The molecule has 224 valence electrons. The number of unbranched alkanes of at least 4 members (excludes halogenated alkanes) is 15. The quantitative estimate of drug-likeness (QED) is 0.0448. The van der Waals surface area contributed by atoms with Crippen LogP contribution < -0.4 is 0 Å². The molecule has 0 amide bonds. The van der Waals surface area contributed by atoms with Gasteiger partial charge < -0.3 is 19.3 Å². The third kappa shape index (κ3) is 27.8. The van der Waals surface area contributed by atoms with Crippen molar-refractivity contribution in [2.75, 3.05) is 13.2 Å². The van der Waals surface area contributed by atoms with Crippen LogP contribution in [0.15, 0.2) is 12.2 Å². The van der Waals surface area contributed by atoms with Crippen LogP contribution in [0.5, 0.6) is 0 Å². The molecule has 0 aliphatic rings. The number of esters is 2. The lowest BCUT2D eigenvalue weighted by Gasteiger charge is -2.18. The molecule has 0 rings (SSSR count). The minimum atomic E-state index is -4.73. The van der Waals surface area contributed by atoms with E-state index in [1.165, 1.54) is 51.4 Å². The molecule has 0 aliphatic heterocycles. The van der Waals surface area contributed by atoms with Crippen LogP contribution in [0.2, 0.25) is 0 Å². The zero-order valence-corrected chi connectivity index (χ0v) is 25.0. The van der Waals surface area contributed by atoms with E-state index in [0.717, 1.165) is 57.8 Å². The van der Waals surface area contributed by atoms with Crippen molar-refractivity contribution in [3.8, 4) is 0 Å². The van der Waals surface area contributed by atoms with E-state index in [0.29, 0.717) is 6.42 Å². The Labute approximate surface area is 231 Å². The van der Waals surface area contributed by atoms with E-state index in [4.69, 9.17) is 19.3 Å². The van der Waals surface area contributed by atoms with Crippen LogP contribution in [0.3, 0.4) is 0 Å². The summed E-state index contributed by atoms with van der Waals surface area (Å²) in [6.45, 7) is 3.57. The summed E-state index contributed by atoms with van der Waals surface area (Å²) < 4.78 is 26.0. The van der Waals surface area contributed by atoms with Crippen molar-refractivity contribution >= 4 is 19.8 Å². The van der Waals surface area contributed by atoms with Gasteiger partial charge in [0.05, 0.1) is 6.61 Å². The van der Waals surface area contributed by atoms with Gasteiger partial charge in [0, 0.05) is 12.8 Å². The first-order valence-corrected chi connectivity index (χ1v) is 16.5. The van der Waals surface area contributed by atoms with E-state index in [9.17, 15) is 14.2 Å². The molecule has 1 atom stereocenters. The molecule has 38 heavy (non-hydrogen) atoms. The summed E-state index contributed by atoms with van der Waals surface area (Å²) in [6, 6.07) is 0. The summed E-state index contributed by atoms with van der Waals surface area (Å²) in [6.07, 6.45) is 23.7. The van der Waals surface area contributed by atoms with Crippen LogP contribution >= 0.6 is 7.82 Å². The molecule has 0 fully saturated rings. The van der Waals surface area contributed by atoms with Gasteiger partial charge in [0.2, 0.25) is 0 Å². The lowest BCUT2D eigenvalue weighted by Crippen LogP contribution is -2.29. The zero-order valence-electron chi connectivity index (χ0n) is 24.1. The van der Waals surface area contributed by atoms with E-state index < -0.39 is 32.5 Å². The average molecular weight is 563 g/mol. The van der Waals surface area contributed by atoms with Crippen molar-refractivity contribution in [2.24, 2.45) is 0 Å². The number of phosphoric ester groups is 1. The molecule has 0 aromatic carbocycles. The van der Waals surface area contributed by atoms with Crippen LogP contribution in [-0.2, 0) is 28.2 Å². The second-order valence-corrected chi connectivity index (χ2v) is 11.3. The van der Waals surface area contributed by atoms with Gasteiger partial charge in [-0.2, -0.15) is 0 Å². The van der Waals surface area contributed by atoms with Gasteiger partial charge in [-0.1, -0.05) is 109 Å². The summed E-state index contributed by atoms with van der Waals surface area (Å²) in [4.78, 5) is 42.2. The fourth-order valence-electron chi connectivity index (χ4n) is 4.00. The van der Waals surface area contributed by atoms with Crippen LogP contribution in [-0.4, -0.2) is 41.0 Å². The van der Waals surface area contributed by atoms with E-state index in [2.05, 4.69) is 30.5 Å². The fourth-order valence-corrected chi connectivity index (χ4v) is 4.36. The Hall–Kier alpha value is -1.21. The van der Waals surface area contributed by atoms with Gasteiger partial charge in [0.1, 0.15) is 6.61 Å². The SMILES string of the molecule is CCCC/C=C\CCCCCCCC(=O)O[C@H](COC(=O)CCCCCCCCCCC)COP(=O)(O)O. The minimum absolute atomic E-state index is 0.204. The normalized spacial score (nSPS) is 12.6. The molecule has 0 aromatic heterocycles. The maximum Gasteiger partial charge on any atom is 0.469 e. The summed E-state index contributed by atoms with van der Waals surface area (Å²) >= 11 is 0. The number of rotatable bonds is 27. The average Bonchev–Trinajstić information content (AvgIpc) is 2.87. The van der Waals surface area contributed by atoms with Crippen molar-refractivity contribution in [3.63, 3.8) is 0 Å². The summed E-state index contributed by atoms with van der Waals surface area (Å²) in [5.74, 6) is -0.900. The van der Waals surface area contributed by atoms with Gasteiger partial charge >= 0.3 is 19.8 Å². The highest BCUT2D eigenvalue weighted by atomic mass is 31.2. The molecule has 0 saturated heterocycles. The van der Waals surface area contributed by atoms with Gasteiger partial charge in [0.25, 0.3) is 0 Å². The van der Waals surface area contributed by atoms with E-state index >= 15 is 0 Å². The Kier molecular flexibility index (Phi) is 25.2. The summed E-state index contributed by atoms with van der Waals surface area (Å²) in [5.41, 5.74) is 0. The van der Waals surface area contributed by atoms with Crippen LogP contribution in [0.1, 0.15) is 142 Å². The summed E-state index contributed by atoms with van der Waals surface area (Å²) in [7, 11) is -4.73. The van der Waals surface area contributed by atoms with Crippen LogP contribution in [0.4, 0.5) is 0 Å². The largest absolute Gasteiger partial charge is 0.469 e. The predicted octanol–water partition coefficient (Wildman–Crippen LogP) is 7.95. The Balaban J connectivity index is 4.08. The molecular weight excluding hydrogens is 507 g/mol. The monoisotopic (exact) mass is 562 g/mol. The minimum Gasteiger partial charge on any atom is -0.462 e. The number of allylic oxidation sites excluding steroid dienone is 2. The van der Waals surface area contributed by atoms with Gasteiger partial charge in [-0.3, -0.25) is 14.1 Å². The lowest BCUT2D eigenvalue weighted by molar-refractivity contribution is -0.161. The van der Waals surface area contributed by atoms with Gasteiger partial charge in [-0.15, -0.1) is 0 Å². The van der Waals surface area contributed by atoms with Crippen molar-refractivity contribution < 1.29 is 37.9 Å². The van der Waals surface area contributed by atoms with E-state index in [1.807, 2.05) is 0 Å².